The van der Waals surface area contributed by atoms with Crippen LogP contribution < -0.4 is 5.19 Å². The van der Waals surface area contributed by atoms with Gasteiger partial charge in [-0.15, -0.1) is 0 Å². The quantitative estimate of drug-likeness (QED) is 0.296. The molecule has 0 amide bonds. The number of aromatic nitrogens is 1. The highest BCUT2D eigenvalue weighted by molar-refractivity contribution is 6.90. The number of hydrogen-bond donors (Lipinski definition) is 0. The van der Waals surface area contributed by atoms with Gasteiger partial charge < -0.3 is 4.42 Å². The zero-order valence-electron chi connectivity index (χ0n) is 17.9. The Kier molecular flexibility index (Phi) is 4.37. The molecule has 5 rings (SSSR count). The molecule has 0 saturated carbocycles. The summed E-state index contributed by atoms with van der Waals surface area (Å²) in [5.41, 5.74) is 7.69. The molecule has 0 radical (unpaired) electrons. The summed E-state index contributed by atoms with van der Waals surface area (Å²) in [6.45, 7) is 9.22. The number of hydrogen-bond acceptors (Lipinski definition) is 2. The Morgan fingerprint density at radius 2 is 1.57 bits per heavy atom. The number of aryl methyl sites for hydroxylation is 1. The second kappa shape index (κ2) is 6.96. The maximum Gasteiger partial charge on any atom is 0.139 e. The molecule has 0 N–H and O–H groups in total. The monoisotopic (exact) mass is 407 g/mol. The largest absolute Gasteiger partial charge is 0.456 e. The van der Waals surface area contributed by atoms with Gasteiger partial charge in [0.1, 0.15) is 11.2 Å². The van der Waals surface area contributed by atoms with E-state index in [4.69, 9.17) is 9.40 Å². The standard InChI is InChI=1S/C27H25NOSi/c1-18-13-14-20(15-22(18)19-9-6-5-7-10-19)24-16-25-23(17-28-24)21-11-8-12-26(27(21)29-25)30(2,3)4/h5-17H,1-4H3. The lowest BCUT2D eigenvalue weighted by molar-refractivity contribution is 0.671. The summed E-state index contributed by atoms with van der Waals surface area (Å²) in [6, 6.07) is 25.7. The molecule has 3 aromatic carbocycles. The van der Waals surface area contributed by atoms with E-state index >= 15 is 0 Å². The van der Waals surface area contributed by atoms with Crippen molar-refractivity contribution >= 4 is 35.2 Å². The molecule has 30 heavy (non-hydrogen) atoms. The zero-order chi connectivity index (χ0) is 20.9. The van der Waals surface area contributed by atoms with E-state index in [1.165, 1.54) is 21.9 Å². The van der Waals surface area contributed by atoms with Gasteiger partial charge in [-0.3, -0.25) is 4.98 Å². The van der Waals surface area contributed by atoms with Gasteiger partial charge in [0.25, 0.3) is 0 Å². The first kappa shape index (κ1) is 18.8. The zero-order valence-corrected chi connectivity index (χ0v) is 18.9. The van der Waals surface area contributed by atoms with Crippen molar-refractivity contribution in [1.82, 2.24) is 4.98 Å². The van der Waals surface area contributed by atoms with Crippen molar-refractivity contribution in [2.45, 2.75) is 26.6 Å². The van der Waals surface area contributed by atoms with E-state index in [1.54, 1.807) is 0 Å². The van der Waals surface area contributed by atoms with E-state index in [0.717, 1.165) is 33.2 Å². The second-order valence-corrected chi connectivity index (χ2v) is 14.0. The number of pyridine rings is 1. The van der Waals surface area contributed by atoms with Crippen LogP contribution in [0.3, 0.4) is 0 Å². The van der Waals surface area contributed by atoms with Crippen LogP contribution in [0.25, 0.3) is 44.3 Å². The van der Waals surface area contributed by atoms with Crippen LogP contribution in [-0.4, -0.2) is 13.1 Å². The van der Waals surface area contributed by atoms with Crippen molar-refractivity contribution in [3.05, 3.63) is 84.6 Å². The van der Waals surface area contributed by atoms with Crippen LogP contribution in [0.4, 0.5) is 0 Å². The number of nitrogens with zero attached hydrogens (tertiary/aromatic N) is 1. The van der Waals surface area contributed by atoms with Gasteiger partial charge in [-0.2, -0.15) is 0 Å². The smallest absolute Gasteiger partial charge is 0.139 e. The maximum absolute atomic E-state index is 6.41. The van der Waals surface area contributed by atoms with E-state index in [9.17, 15) is 0 Å². The average molecular weight is 408 g/mol. The summed E-state index contributed by atoms with van der Waals surface area (Å²) in [5.74, 6) is 0. The molecule has 148 valence electrons. The minimum atomic E-state index is -1.50. The maximum atomic E-state index is 6.41. The Bertz CT molecular complexity index is 1380. The number of furan rings is 1. The van der Waals surface area contributed by atoms with E-state index in [1.807, 2.05) is 6.20 Å². The molecule has 0 atom stereocenters. The Hall–Kier alpha value is -3.17. The van der Waals surface area contributed by atoms with Gasteiger partial charge in [0.15, 0.2) is 0 Å². The van der Waals surface area contributed by atoms with Crippen LogP contribution >= 0.6 is 0 Å². The van der Waals surface area contributed by atoms with Crippen molar-refractivity contribution in [2.24, 2.45) is 0 Å². The van der Waals surface area contributed by atoms with Gasteiger partial charge in [-0.25, -0.2) is 0 Å². The molecule has 0 fully saturated rings. The highest BCUT2D eigenvalue weighted by Gasteiger charge is 2.22. The fourth-order valence-corrected chi connectivity index (χ4v) is 5.61. The summed E-state index contributed by atoms with van der Waals surface area (Å²) in [6.07, 6.45) is 1.96. The summed E-state index contributed by atoms with van der Waals surface area (Å²) in [5, 5.41) is 3.61. The molecule has 0 saturated heterocycles. The lowest BCUT2D eigenvalue weighted by Crippen LogP contribution is -2.37. The molecule has 0 bridgehead atoms. The Morgan fingerprint density at radius 1 is 0.767 bits per heavy atom. The Labute approximate surface area is 178 Å². The first-order valence-electron chi connectivity index (χ1n) is 10.4. The van der Waals surface area contributed by atoms with Gasteiger partial charge in [-0.1, -0.05) is 80.3 Å². The average Bonchev–Trinajstić information content (AvgIpc) is 3.11. The minimum Gasteiger partial charge on any atom is -0.456 e. The van der Waals surface area contributed by atoms with Crippen molar-refractivity contribution in [2.75, 3.05) is 0 Å². The van der Waals surface area contributed by atoms with Gasteiger partial charge in [0, 0.05) is 28.6 Å². The molecule has 5 aromatic rings. The van der Waals surface area contributed by atoms with Gasteiger partial charge in [0.2, 0.25) is 0 Å². The second-order valence-electron chi connectivity index (χ2n) is 9.00. The molecule has 0 spiro atoms. The van der Waals surface area contributed by atoms with Crippen molar-refractivity contribution in [3.63, 3.8) is 0 Å². The Morgan fingerprint density at radius 3 is 2.33 bits per heavy atom. The predicted molar refractivity (Wildman–Crippen MR) is 130 cm³/mol. The summed E-state index contributed by atoms with van der Waals surface area (Å²) >= 11 is 0. The molecule has 2 heterocycles. The van der Waals surface area contributed by atoms with Gasteiger partial charge >= 0.3 is 0 Å². The van der Waals surface area contributed by atoms with Crippen LogP contribution in [0.5, 0.6) is 0 Å². The molecule has 2 aromatic heterocycles. The first-order valence-corrected chi connectivity index (χ1v) is 13.9. The lowest BCUT2D eigenvalue weighted by Gasteiger charge is -2.16. The van der Waals surface area contributed by atoms with E-state index in [2.05, 4.69) is 99.4 Å². The predicted octanol–water partition coefficient (Wildman–Crippen LogP) is 7.17. The number of para-hydroxylation sites is 1. The normalized spacial score (nSPS) is 12.0. The molecule has 0 aliphatic carbocycles. The van der Waals surface area contributed by atoms with Crippen molar-refractivity contribution < 1.29 is 4.42 Å². The molecule has 0 aliphatic heterocycles. The van der Waals surface area contributed by atoms with Crippen molar-refractivity contribution in [1.29, 1.82) is 0 Å². The van der Waals surface area contributed by atoms with Crippen LogP contribution in [0.2, 0.25) is 19.6 Å². The third-order valence-electron chi connectivity index (χ3n) is 5.81. The first-order chi connectivity index (χ1) is 14.4. The van der Waals surface area contributed by atoms with Crippen LogP contribution in [0.15, 0.2) is 83.4 Å². The lowest BCUT2D eigenvalue weighted by atomic mass is 9.97. The van der Waals surface area contributed by atoms with Crippen molar-refractivity contribution in [3.8, 4) is 22.4 Å². The van der Waals surface area contributed by atoms with Gasteiger partial charge in [0.05, 0.1) is 13.8 Å². The highest BCUT2D eigenvalue weighted by Crippen LogP contribution is 2.33. The van der Waals surface area contributed by atoms with Crippen LogP contribution in [0, 0.1) is 6.92 Å². The molecule has 2 nitrogen and oxygen atoms in total. The third-order valence-corrected chi connectivity index (χ3v) is 7.82. The number of rotatable bonds is 3. The van der Waals surface area contributed by atoms with E-state index in [-0.39, 0.29) is 0 Å². The van der Waals surface area contributed by atoms with Gasteiger partial charge in [-0.05, 0) is 34.9 Å². The molecule has 3 heteroatoms. The molecule has 0 aliphatic rings. The topological polar surface area (TPSA) is 26.0 Å². The SMILES string of the molecule is Cc1ccc(-c2cc3oc4c([Si](C)(C)C)cccc4c3cn2)cc1-c1ccccc1. The minimum absolute atomic E-state index is 0.905. The third kappa shape index (κ3) is 3.16. The van der Waals surface area contributed by atoms with Crippen LogP contribution in [-0.2, 0) is 0 Å². The summed E-state index contributed by atoms with van der Waals surface area (Å²) in [4.78, 5) is 4.81. The Balaban J connectivity index is 1.67. The number of fused-ring (bicyclic) bond motifs is 3. The molecular weight excluding hydrogens is 382 g/mol. The highest BCUT2D eigenvalue weighted by atomic mass is 28.3. The van der Waals surface area contributed by atoms with E-state index in [0.29, 0.717) is 0 Å². The van der Waals surface area contributed by atoms with Crippen LogP contribution in [0.1, 0.15) is 5.56 Å². The fourth-order valence-electron chi connectivity index (χ4n) is 4.15. The van der Waals surface area contributed by atoms with E-state index < -0.39 is 8.07 Å². The fraction of sp³-hybridized carbons (Fsp3) is 0.148. The summed E-state index contributed by atoms with van der Waals surface area (Å²) in [7, 11) is -1.50. The number of benzene rings is 3. The molecular formula is C27H25NOSi. The molecule has 0 unspecified atom stereocenters. The summed E-state index contributed by atoms with van der Waals surface area (Å²) < 4.78 is 6.41.